The minimum absolute atomic E-state index is 0.0218. The molecule has 0 bridgehead atoms. The van der Waals surface area contributed by atoms with Gasteiger partial charge in [0.1, 0.15) is 11.6 Å². The smallest absolute Gasteiger partial charge is 0.322 e. The summed E-state index contributed by atoms with van der Waals surface area (Å²) in [6.07, 6.45) is 2.15. The molecule has 3 amide bonds. The van der Waals surface area contributed by atoms with E-state index in [0.717, 1.165) is 29.9 Å². The van der Waals surface area contributed by atoms with Crippen molar-refractivity contribution in [3.63, 3.8) is 0 Å². The predicted molar refractivity (Wildman–Crippen MR) is 127 cm³/mol. The summed E-state index contributed by atoms with van der Waals surface area (Å²) in [4.78, 5) is 27.7. The molecule has 1 aromatic heterocycles. The van der Waals surface area contributed by atoms with E-state index in [9.17, 15) is 18.4 Å². The standard InChI is InChI=1S/C18H17N3O.C8H8F2N2O/c1-13(9-14-5-3-2-4-6-14)21-12-16-10-15(11-19)7-8-17(16)20-18(21)22;1-5(12-4-13)8-7(10)2-6(9)3-11-8/h2-8,10,13H,9,12H2,1H3,(H,20,22);2-5H,1H3,(H,12,13). The lowest BCUT2D eigenvalue weighted by Crippen LogP contribution is -2.44. The first-order valence-electron chi connectivity index (χ1n) is 11.0. The molecule has 4 rings (SSSR count). The van der Waals surface area contributed by atoms with Crippen LogP contribution >= 0.6 is 0 Å². The van der Waals surface area contributed by atoms with E-state index in [1.807, 2.05) is 36.1 Å². The van der Waals surface area contributed by atoms with Crippen LogP contribution in [0.2, 0.25) is 0 Å². The molecule has 180 valence electrons. The second kappa shape index (κ2) is 11.7. The van der Waals surface area contributed by atoms with Crippen molar-refractivity contribution < 1.29 is 18.4 Å². The molecule has 2 unspecified atom stereocenters. The maximum Gasteiger partial charge on any atom is 0.322 e. The monoisotopic (exact) mass is 477 g/mol. The van der Waals surface area contributed by atoms with Gasteiger partial charge in [0.25, 0.3) is 0 Å². The molecule has 1 aliphatic heterocycles. The van der Waals surface area contributed by atoms with Gasteiger partial charge in [-0.1, -0.05) is 30.3 Å². The fraction of sp³-hybridized carbons (Fsp3) is 0.231. The molecule has 0 aliphatic carbocycles. The van der Waals surface area contributed by atoms with Gasteiger partial charge in [0.05, 0.1) is 29.6 Å². The fourth-order valence-electron chi connectivity index (χ4n) is 3.70. The summed E-state index contributed by atoms with van der Waals surface area (Å²) in [5.74, 6) is -1.50. The number of hydrogen-bond acceptors (Lipinski definition) is 4. The first kappa shape index (κ1) is 25.3. The lowest BCUT2D eigenvalue weighted by atomic mass is 10.0. The number of halogens is 2. The van der Waals surface area contributed by atoms with E-state index in [4.69, 9.17) is 5.26 Å². The van der Waals surface area contributed by atoms with Crippen LogP contribution < -0.4 is 10.6 Å². The van der Waals surface area contributed by atoms with Gasteiger partial charge in [-0.15, -0.1) is 0 Å². The van der Waals surface area contributed by atoms with Gasteiger partial charge in [0.15, 0.2) is 0 Å². The van der Waals surface area contributed by atoms with Gasteiger partial charge in [-0.25, -0.2) is 13.6 Å². The zero-order chi connectivity index (χ0) is 25.4. The van der Waals surface area contributed by atoms with Crippen LogP contribution in [0.3, 0.4) is 0 Å². The summed E-state index contributed by atoms with van der Waals surface area (Å²) >= 11 is 0. The number of urea groups is 1. The lowest BCUT2D eigenvalue weighted by molar-refractivity contribution is -0.110. The average Bonchev–Trinajstić information content (AvgIpc) is 2.84. The van der Waals surface area contributed by atoms with Crippen LogP contribution in [0.25, 0.3) is 0 Å². The Morgan fingerprint density at radius 3 is 2.60 bits per heavy atom. The van der Waals surface area contributed by atoms with E-state index in [1.54, 1.807) is 19.1 Å². The van der Waals surface area contributed by atoms with Crippen molar-refractivity contribution in [2.75, 3.05) is 5.32 Å². The molecule has 0 spiro atoms. The summed E-state index contributed by atoms with van der Waals surface area (Å²) < 4.78 is 25.4. The number of anilines is 1. The van der Waals surface area contributed by atoms with Crippen LogP contribution in [-0.4, -0.2) is 28.4 Å². The lowest BCUT2D eigenvalue weighted by Gasteiger charge is -2.34. The van der Waals surface area contributed by atoms with E-state index in [-0.39, 0.29) is 17.8 Å². The Kier molecular flexibility index (Phi) is 8.46. The normalized spacial score (nSPS) is 13.8. The topological polar surface area (TPSA) is 98.1 Å². The number of nitrogens with one attached hydrogen (secondary N) is 2. The second-order valence-corrected chi connectivity index (χ2v) is 8.11. The van der Waals surface area contributed by atoms with E-state index < -0.39 is 17.7 Å². The van der Waals surface area contributed by atoms with Gasteiger partial charge >= 0.3 is 6.03 Å². The Morgan fingerprint density at radius 1 is 1.20 bits per heavy atom. The zero-order valence-corrected chi connectivity index (χ0v) is 19.3. The van der Waals surface area contributed by atoms with Gasteiger partial charge in [0, 0.05) is 24.3 Å². The largest absolute Gasteiger partial charge is 0.350 e. The minimum atomic E-state index is -0.762. The maximum absolute atomic E-state index is 13.0. The molecule has 9 heteroatoms. The quantitative estimate of drug-likeness (QED) is 0.503. The summed E-state index contributed by atoms with van der Waals surface area (Å²) in [6, 6.07) is 17.8. The number of carbonyl (C=O) groups excluding carboxylic acids is 2. The highest BCUT2D eigenvalue weighted by Gasteiger charge is 2.26. The molecule has 3 aromatic rings. The Hall–Kier alpha value is -4.32. The van der Waals surface area contributed by atoms with Gasteiger partial charge in [-0.2, -0.15) is 5.26 Å². The van der Waals surface area contributed by atoms with Gasteiger partial charge < -0.3 is 15.5 Å². The maximum atomic E-state index is 13.0. The minimum Gasteiger partial charge on any atom is -0.350 e. The van der Waals surface area contributed by atoms with Crippen LogP contribution in [0.5, 0.6) is 0 Å². The molecule has 0 fully saturated rings. The Bertz CT molecular complexity index is 1230. The highest BCUT2D eigenvalue weighted by Crippen LogP contribution is 2.26. The molecule has 1 aliphatic rings. The van der Waals surface area contributed by atoms with Crippen LogP contribution in [-0.2, 0) is 17.8 Å². The van der Waals surface area contributed by atoms with Gasteiger partial charge in [-0.3, -0.25) is 9.78 Å². The van der Waals surface area contributed by atoms with Crippen molar-refractivity contribution in [3.05, 3.63) is 94.8 Å². The van der Waals surface area contributed by atoms with E-state index in [2.05, 4.69) is 33.8 Å². The Balaban J connectivity index is 0.000000225. The Morgan fingerprint density at radius 2 is 1.94 bits per heavy atom. The highest BCUT2D eigenvalue weighted by atomic mass is 19.1. The summed E-state index contributed by atoms with van der Waals surface area (Å²) in [7, 11) is 0. The van der Waals surface area contributed by atoms with Crippen molar-refractivity contribution >= 4 is 18.1 Å². The first-order chi connectivity index (χ1) is 16.8. The molecule has 35 heavy (non-hydrogen) atoms. The summed E-state index contributed by atoms with van der Waals surface area (Å²) in [5, 5.41) is 14.2. The van der Waals surface area contributed by atoms with Crippen LogP contribution in [0.4, 0.5) is 19.3 Å². The van der Waals surface area contributed by atoms with Crippen molar-refractivity contribution in [2.24, 2.45) is 0 Å². The number of nitriles is 1. The number of hydrogen-bond donors (Lipinski definition) is 2. The molecule has 0 saturated carbocycles. The van der Waals surface area contributed by atoms with Crippen molar-refractivity contribution in [3.8, 4) is 6.07 Å². The molecule has 2 atom stereocenters. The number of benzene rings is 2. The second-order valence-electron chi connectivity index (χ2n) is 8.11. The third kappa shape index (κ3) is 6.60. The zero-order valence-electron chi connectivity index (χ0n) is 19.3. The number of rotatable bonds is 6. The molecule has 0 radical (unpaired) electrons. The number of amides is 3. The van der Waals surface area contributed by atoms with Crippen LogP contribution in [0, 0.1) is 23.0 Å². The summed E-state index contributed by atoms with van der Waals surface area (Å²) in [6.45, 7) is 4.13. The molecule has 2 N–H and O–H groups in total. The van der Waals surface area contributed by atoms with E-state index >= 15 is 0 Å². The molecule has 2 heterocycles. The SMILES string of the molecule is CC(Cc1ccccc1)N1Cc2cc(C#N)ccc2NC1=O.CC(NC=O)c1ncc(F)cc1F. The number of aromatic nitrogens is 1. The number of pyridine rings is 1. The molecule has 0 saturated heterocycles. The molecule has 2 aromatic carbocycles. The van der Waals surface area contributed by atoms with Crippen molar-refractivity contribution in [1.82, 2.24) is 15.2 Å². The third-order valence-electron chi connectivity index (χ3n) is 5.55. The van der Waals surface area contributed by atoms with Gasteiger partial charge in [0.2, 0.25) is 6.41 Å². The predicted octanol–water partition coefficient (Wildman–Crippen LogP) is 4.70. The number of nitrogens with zero attached hydrogens (tertiary/aromatic N) is 3. The van der Waals surface area contributed by atoms with Gasteiger partial charge in [-0.05, 0) is 49.6 Å². The van der Waals surface area contributed by atoms with Crippen molar-refractivity contribution in [2.45, 2.75) is 38.9 Å². The van der Waals surface area contributed by atoms with Crippen LogP contribution in [0.1, 0.15) is 42.3 Å². The van der Waals surface area contributed by atoms with E-state index in [0.29, 0.717) is 18.5 Å². The first-order valence-corrected chi connectivity index (χ1v) is 11.0. The van der Waals surface area contributed by atoms with Crippen molar-refractivity contribution in [1.29, 1.82) is 5.26 Å². The summed E-state index contributed by atoms with van der Waals surface area (Å²) in [5.41, 5.74) is 3.63. The van der Waals surface area contributed by atoms with Crippen LogP contribution in [0.15, 0.2) is 60.8 Å². The average molecular weight is 478 g/mol. The highest BCUT2D eigenvalue weighted by molar-refractivity contribution is 5.92. The molecule has 7 nitrogen and oxygen atoms in total. The fourth-order valence-corrected chi connectivity index (χ4v) is 3.70. The number of fused-ring (bicyclic) bond motifs is 1. The van der Waals surface area contributed by atoms with E-state index in [1.165, 1.54) is 5.56 Å². The molecular formula is C26H25F2N5O2. The third-order valence-corrected chi connectivity index (χ3v) is 5.55. The number of carbonyl (C=O) groups is 2. The molecular weight excluding hydrogens is 452 g/mol. The Labute approximate surface area is 202 Å².